The summed E-state index contributed by atoms with van der Waals surface area (Å²) in [5.74, 6) is 0.858. The van der Waals surface area contributed by atoms with Gasteiger partial charge in [-0.2, -0.15) is 4.98 Å². The zero-order valence-corrected chi connectivity index (χ0v) is 10.4. The molecule has 1 amide bonds. The molecule has 1 aromatic heterocycles. The maximum Gasteiger partial charge on any atom is 0.253 e. The minimum Gasteiger partial charge on any atom is -0.497 e. The molecule has 0 saturated heterocycles. The van der Waals surface area contributed by atoms with Crippen molar-refractivity contribution in [3.63, 3.8) is 0 Å². The van der Waals surface area contributed by atoms with Crippen molar-refractivity contribution in [2.75, 3.05) is 19.4 Å². The average molecular weight is 262 g/mol. The van der Waals surface area contributed by atoms with E-state index in [0.717, 1.165) is 0 Å². The average Bonchev–Trinajstić information content (AvgIpc) is 2.92. The number of anilines is 1. The molecule has 0 saturated carbocycles. The second-order valence-corrected chi connectivity index (χ2v) is 3.81. The molecule has 2 aromatic rings. The highest BCUT2D eigenvalue weighted by atomic mass is 16.5. The molecule has 3 N–H and O–H groups in total. The standard InChI is InChI=1S/C12H14N4O3/c1-18-8-2-3-10(13)9(6-8)12(17)14-5-4-11-15-7-19-16-11/h2-3,6-7H,4-5,13H2,1H3,(H,14,17). The van der Waals surface area contributed by atoms with Gasteiger partial charge in [0.15, 0.2) is 5.82 Å². The lowest BCUT2D eigenvalue weighted by Gasteiger charge is -2.08. The van der Waals surface area contributed by atoms with E-state index in [1.54, 1.807) is 18.2 Å². The Morgan fingerprint density at radius 3 is 3.05 bits per heavy atom. The Morgan fingerprint density at radius 2 is 2.37 bits per heavy atom. The maximum atomic E-state index is 12.0. The molecule has 2 rings (SSSR count). The van der Waals surface area contributed by atoms with Gasteiger partial charge in [-0.15, -0.1) is 0 Å². The summed E-state index contributed by atoms with van der Waals surface area (Å²) in [6, 6.07) is 4.93. The van der Waals surface area contributed by atoms with Crippen LogP contribution in [0.15, 0.2) is 29.1 Å². The van der Waals surface area contributed by atoms with E-state index in [1.165, 1.54) is 13.5 Å². The molecule has 0 fully saturated rings. The van der Waals surface area contributed by atoms with Crippen molar-refractivity contribution in [1.82, 2.24) is 15.5 Å². The quantitative estimate of drug-likeness (QED) is 0.766. The molecule has 0 aliphatic carbocycles. The van der Waals surface area contributed by atoms with Gasteiger partial charge in [0.25, 0.3) is 5.91 Å². The van der Waals surface area contributed by atoms with Crippen molar-refractivity contribution in [1.29, 1.82) is 0 Å². The summed E-state index contributed by atoms with van der Waals surface area (Å²) in [6.07, 6.45) is 1.74. The maximum absolute atomic E-state index is 12.0. The van der Waals surface area contributed by atoms with Gasteiger partial charge in [0.05, 0.1) is 12.7 Å². The van der Waals surface area contributed by atoms with E-state index in [2.05, 4.69) is 20.0 Å². The number of benzene rings is 1. The third-order valence-electron chi connectivity index (χ3n) is 2.55. The van der Waals surface area contributed by atoms with Gasteiger partial charge in [-0.3, -0.25) is 4.79 Å². The fraction of sp³-hybridized carbons (Fsp3) is 0.250. The lowest BCUT2D eigenvalue weighted by molar-refractivity contribution is 0.0954. The minimum absolute atomic E-state index is 0.264. The lowest BCUT2D eigenvalue weighted by Crippen LogP contribution is -2.26. The SMILES string of the molecule is COc1ccc(N)c(C(=O)NCCc2ncon2)c1. The number of carbonyl (C=O) groups is 1. The first kappa shape index (κ1) is 12.9. The smallest absolute Gasteiger partial charge is 0.253 e. The largest absolute Gasteiger partial charge is 0.497 e. The number of aromatic nitrogens is 2. The number of carbonyl (C=O) groups excluding carboxylic acids is 1. The third kappa shape index (κ3) is 3.21. The number of ether oxygens (including phenoxy) is 1. The number of nitrogen functional groups attached to an aromatic ring is 1. The summed E-state index contributed by atoms with van der Waals surface area (Å²) in [5.41, 5.74) is 6.54. The van der Waals surface area contributed by atoms with E-state index >= 15 is 0 Å². The molecule has 0 bridgehead atoms. The van der Waals surface area contributed by atoms with Crippen LogP contribution in [0.4, 0.5) is 5.69 Å². The summed E-state index contributed by atoms with van der Waals surface area (Å²) >= 11 is 0. The minimum atomic E-state index is -0.264. The van der Waals surface area contributed by atoms with Gasteiger partial charge in [0, 0.05) is 18.7 Å². The molecule has 100 valence electrons. The fourth-order valence-electron chi connectivity index (χ4n) is 1.54. The van der Waals surface area contributed by atoms with E-state index in [1.807, 2.05) is 0 Å². The molecular formula is C12H14N4O3. The van der Waals surface area contributed by atoms with Crippen molar-refractivity contribution in [2.45, 2.75) is 6.42 Å². The number of methoxy groups -OCH3 is 1. The zero-order valence-electron chi connectivity index (χ0n) is 10.4. The molecule has 19 heavy (non-hydrogen) atoms. The van der Waals surface area contributed by atoms with Crippen molar-refractivity contribution in [3.8, 4) is 5.75 Å². The van der Waals surface area contributed by atoms with Gasteiger partial charge >= 0.3 is 0 Å². The van der Waals surface area contributed by atoms with Crippen LogP contribution in [-0.2, 0) is 6.42 Å². The van der Waals surface area contributed by atoms with Crippen molar-refractivity contribution < 1.29 is 14.1 Å². The molecule has 0 aliphatic rings. The second-order valence-electron chi connectivity index (χ2n) is 3.81. The Hall–Kier alpha value is -2.57. The van der Waals surface area contributed by atoms with Crippen molar-refractivity contribution in [3.05, 3.63) is 36.0 Å². The van der Waals surface area contributed by atoms with E-state index in [0.29, 0.717) is 35.8 Å². The van der Waals surface area contributed by atoms with Crippen molar-refractivity contribution in [2.24, 2.45) is 0 Å². The van der Waals surface area contributed by atoms with Gasteiger partial charge in [0.1, 0.15) is 5.75 Å². The monoisotopic (exact) mass is 262 g/mol. The number of hydrogen-bond acceptors (Lipinski definition) is 6. The summed E-state index contributed by atoms with van der Waals surface area (Å²) < 4.78 is 9.65. The Morgan fingerprint density at radius 1 is 1.53 bits per heavy atom. The van der Waals surface area contributed by atoms with Gasteiger partial charge in [-0.05, 0) is 18.2 Å². The molecule has 7 heteroatoms. The first-order chi connectivity index (χ1) is 9.20. The molecule has 0 atom stereocenters. The predicted octanol–water partition coefficient (Wildman–Crippen LogP) is 0.633. The number of amides is 1. The fourth-order valence-corrected chi connectivity index (χ4v) is 1.54. The number of nitrogens with two attached hydrogens (primary N) is 1. The van der Waals surface area contributed by atoms with Crippen LogP contribution in [0.1, 0.15) is 16.2 Å². The van der Waals surface area contributed by atoms with Gasteiger partial charge in [-0.1, -0.05) is 5.16 Å². The molecule has 7 nitrogen and oxygen atoms in total. The summed E-state index contributed by atoms with van der Waals surface area (Å²) in [7, 11) is 1.53. The molecular weight excluding hydrogens is 248 g/mol. The first-order valence-electron chi connectivity index (χ1n) is 5.67. The molecule has 0 unspecified atom stereocenters. The van der Waals surface area contributed by atoms with Crippen LogP contribution < -0.4 is 15.8 Å². The van der Waals surface area contributed by atoms with Gasteiger partial charge in [0.2, 0.25) is 6.39 Å². The lowest BCUT2D eigenvalue weighted by atomic mass is 10.1. The molecule has 1 heterocycles. The van der Waals surface area contributed by atoms with Crippen LogP contribution >= 0.6 is 0 Å². The number of hydrogen-bond donors (Lipinski definition) is 2. The first-order valence-corrected chi connectivity index (χ1v) is 5.67. The van der Waals surface area contributed by atoms with Crippen LogP contribution in [0.5, 0.6) is 5.75 Å². The van der Waals surface area contributed by atoms with E-state index < -0.39 is 0 Å². The zero-order chi connectivity index (χ0) is 13.7. The highest BCUT2D eigenvalue weighted by molar-refractivity contribution is 5.99. The Bertz CT molecular complexity index is 554. The number of nitrogens with zero attached hydrogens (tertiary/aromatic N) is 2. The molecule has 0 radical (unpaired) electrons. The second kappa shape index (κ2) is 5.85. The van der Waals surface area contributed by atoms with Crippen LogP contribution in [-0.4, -0.2) is 29.7 Å². The summed E-state index contributed by atoms with van der Waals surface area (Å²) in [4.78, 5) is 15.8. The van der Waals surface area contributed by atoms with Crippen LogP contribution in [0, 0.1) is 0 Å². The third-order valence-corrected chi connectivity index (χ3v) is 2.55. The highest BCUT2D eigenvalue weighted by Crippen LogP contribution is 2.19. The van der Waals surface area contributed by atoms with Gasteiger partial charge < -0.3 is 20.3 Å². The Labute approximate surface area is 109 Å². The number of nitrogens with one attached hydrogen (secondary N) is 1. The van der Waals surface area contributed by atoms with Gasteiger partial charge in [-0.25, -0.2) is 0 Å². The van der Waals surface area contributed by atoms with E-state index in [9.17, 15) is 4.79 Å². The van der Waals surface area contributed by atoms with E-state index in [4.69, 9.17) is 10.5 Å². The highest BCUT2D eigenvalue weighted by Gasteiger charge is 2.11. The molecule has 1 aromatic carbocycles. The Kier molecular flexibility index (Phi) is 3.97. The summed E-state index contributed by atoms with van der Waals surface area (Å²) in [5, 5.41) is 6.38. The summed E-state index contributed by atoms with van der Waals surface area (Å²) in [6.45, 7) is 0.398. The normalized spacial score (nSPS) is 10.2. The Balaban J connectivity index is 1.95. The van der Waals surface area contributed by atoms with Crippen LogP contribution in [0.25, 0.3) is 0 Å². The van der Waals surface area contributed by atoms with E-state index in [-0.39, 0.29) is 5.91 Å². The molecule has 0 spiro atoms. The van der Waals surface area contributed by atoms with Crippen molar-refractivity contribution >= 4 is 11.6 Å². The van der Waals surface area contributed by atoms with Crippen LogP contribution in [0.2, 0.25) is 0 Å². The topological polar surface area (TPSA) is 103 Å². The number of rotatable bonds is 5. The predicted molar refractivity (Wildman–Crippen MR) is 67.7 cm³/mol. The molecule has 0 aliphatic heterocycles. The van der Waals surface area contributed by atoms with Crippen LogP contribution in [0.3, 0.4) is 0 Å².